The van der Waals surface area contributed by atoms with E-state index in [4.69, 9.17) is 9.47 Å². The summed E-state index contributed by atoms with van der Waals surface area (Å²) >= 11 is 1.55. The number of cyclic esters (lactones) is 1. The first-order valence-electron chi connectivity index (χ1n) is 11.9. The maximum Gasteiger partial charge on any atom is 0.309 e. The van der Waals surface area contributed by atoms with Crippen molar-refractivity contribution in [1.29, 1.82) is 0 Å². The molecule has 6 atom stereocenters. The molecule has 0 amide bonds. The number of ether oxygens (including phenoxy) is 2. The van der Waals surface area contributed by atoms with Crippen LogP contribution in [0, 0.1) is 18.3 Å². The van der Waals surface area contributed by atoms with Gasteiger partial charge in [-0.15, -0.1) is 11.3 Å². The summed E-state index contributed by atoms with van der Waals surface area (Å²) in [5.74, 6) is -1.00. The van der Waals surface area contributed by atoms with E-state index in [1.807, 2.05) is 51.3 Å². The number of carbonyl (C=O) groups excluding carboxylic acids is 2. The molecule has 0 aliphatic carbocycles. The number of thiazole rings is 1. The summed E-state index contributed by atoms with van der Waals surface area (Å²) in [5, 5.41) is 24.2. The molecule has 0 spiro atoms. The normalized spacial score (nSPS) is 36.5. The van der Waals surface area contributed by atoms with Crippen LogP contribution in [0.5, 0.6) is 0 Å². The van der Waals surface area contributed by atoms with Crippen LogP contribution in [0.15, 0.2) is 23.1 Å². The van der Waals surface area contributed by atoms with Gasteiger partial charge < -0.3 is 19.7 Å². The largest absolute Gasteiger partial charge is 0.458 e. The van der Waals surface area contributed by atoms with Gasteiger partial charge in [0.25, 0.3) is 0 Å². The molecule has 0 unspecified atom stereocenters. The fourth-order valence-electron chi connectivity index (χ4n) is 4.13. The third-order valence-corrected chi connectivity index (χ3v) is 7.91. The van der Waals surface area contributed by atoms with Crippen molar-refractivity contribution >= 4 is 29.2 Å². The molecule has 7 nitrogen and oxygen atoms in total. The van der Waals surface area contributed by atoms with Crippen LogP contribution >= 0.6 is 11.3 Å². The van der Waals surface area contributed by atoms with E-state index in [1.54, 1.807) is 25.2 Å². The van der Waals surface area contributed by atoms with Crippen molar-refractivity contribution in [1.82, 2.24) is 4.98 Å². The molecule has 0 aromatic carbocycles. The van der Waals surface area contributed by atoms with Gasteiger partial charge in [0.2, 0.25) is 0 Å². The van der Waals surface area contributed by atoms with Crippen molar-refractivity contribution in [2.75, 3.05) is 0 Å². The van der Waals surface area contributed by atoms with Gasteiger partial charge in [0.05, 0.1) is 35.4 Å². The minimum absolute atomic E-state index is 0.0813. The molecule has 0 radical (unpaired) electrons. The molecule has 188 valence electrons. The van der Waals surface area contributed by atoms with E-state index in [-0.39, 0.29) is 30.6 Å². The molecule has 3 heterocycles. The molecular weight excluding hydrogens is 454 g/mol. The fraction of sp³-hybridized carbons (Fsp3) is 0.654. The zero-order valence-corrected chi connectivity index (χ0v) is 21.7. The lowest BCUT2D eigenvalue weighted by Gasteiger charge is -2.31. The molecule has 1 saturated heterocycles. The van der Waals surface area contributed by atoms with Gasteiger partial charge in [-0.3, -0.25) is 9.59 Å². The Kier molecular flexibility index (Phi) is 8.18. The molecule has 0 saturated carbocycles. The number of Topliss-reactive ketones (excluding diaryl/α,β-unsaturated/α-hetero) is 1. The number of esters is 1. The minimum atomic E-state index is -1.23. The minimum Gasteiger partial charge on any atom is -0.458 e. The Labute approximate surface area is 205 Å². The van der Waals surface area contributed by atoms with Crippen LogP contribution in [0.1, 0.15) is 71.0 Å². The zero-order chi connectivity index (χ0) is 25.3. The number of aryl methyl sites for hydroxylation is 1. The maximum atomic E-state index is 12.9. The number of carbonyl (C=O) groups is 2. The first-order valence-corrected chi connectivity index (χ1v) is 12.7. The van der Waals surface area contributed by atoms with Crippen LogP contribution in [-0.2, 0) is 19.1 Å². The Balaban J connectivity index is 1.86. The lowest BCUT2D eigenvalue weighted by molar-refractivity contribution is -0.153. The smallest absolute Gasteiger partial charge is 0.309 e. The predicted octanol–water partition coefficient (Wildman–Crippen LogP) is 4.01. The van der Waals surface area contributed by atoms with Crippen LogP contribution in [0.2, 0.25) is 0 Å². The molecule has 34 heavy (non-hydrogen) atoms. The predicted molar refractivity (Wildman–Crippen MR) is 131 cm³/mol. The summed E-state index contributed by atoms with van der Waals surface area (Å²) in [7, 11) is 0. The van der Waals surface area contributed by atoms with Gasteiger partial charge in [0.1, 0.15) is 17.5 Å². The Morgan fingerprint density at radius 1 is 1.24 bits per heavy atom. The molecule has 0 bridgehead atoms. The lowest BCUT2D eigenvalue weighted by Crippen LogP contribution is -2.41. The topological polar surface area (TPSA) is 109 Å². The molecule has 2 aliphatic rings. The quantitative estimate of drug-likeness (QED) is 0.365. The highest BCUT2D eigenvalue weighted by molar-refractivity contribution is 7.09. The number of aliphatic hydroxyl groups is 2. The van der Waals surface area contributed by atoms with E-state index in [0.717, 1.165) is 16.3 Å². The number of rotatable bonds is 2. The van der Waals surface area contributed by atoms with E-state index in [1.165, 1.54) is 0 Å². The summed E-state index contributed by atoms with van der Waals surface area (Å²) in [5.41, 5.74) is -0.0186. The maximum absolute atomic E-state index is 12.9. The molecule has 1 fully saturated rings. The van der Waals surface area contributed by atoms with Crippen LogP contribution in [-0.4, -0.2) is 57.0 Å². The summed E-state index contributed by atoms with van der Waals surface area (Å²) in [4.78, 5) is 30.2. The van der Waals surface area contributed by atoms with Gasteiger partial charge >= 0.3 is 5.97 Å². The van der Waals surface area contributed by atoms with Gasteiger partial charge in [-0.25, -0.2) is 4.98 Å². The summed E-state index contributed by atoms with van der Waals surface area (Å²) in [6.07, 6.45) is 3.81. The molecule has 3 rings (SSSR count). The second-order valence-electron chi connectivity index (χ2n) is 10.4. The third kappa shape index (κ3) is 6.42. The van der Waals surface area contributed by atoms with Crippen molar-refractivity contribution in [2.24, 2.45) is 11.3 Å². The molecule has 2 aliphatic heterocycles. The number of ketones is 1. The molecular formula is C26H37NO6S. The SMILES string of the molecule is C/C(=C\c1csc(C)n1)[C@@H]1C[C@@H]2O[C@]2(C)/C=C/C[C@H](C)[C@H](O)CC(=O)C(C)(C)[C@@H](O)CC(=O)O1. The Hall–Kier alpha value is -1.87. The number of fused-ring (bicyclic) bond motifs is 1. The highest BCUT2D eigenvalue weighted by atomic mass is 32.1. The zero-order valence-electron chi connectivity index (χ0n) is 20.9. The van der Waals surface area contributed by atoms with Gasteiger partial charge in [-0.1, -0.05) is 32.9 Å². The first-order chi connectivity index (χ1) is 15.8. The standard InChI is InChI=1S/C26H37NO6S/c1-15-8-7-9-26(6)23(33-26)12-20(16(2)10-18-14-34-17(3)27-18)32-24(31)13-22(30)25(4,5)21(29)11-19(15)28/h7,9-10,14-15,19-20,22-23,28,30H,8,11-13H2,1-6H3/b9-7+,16-10+/t15-,19+,20-,22-,23-,26+/m0/s1. The fourth-order valence-corrected chi connectivity index (χ4v) is 4.70. The summed E-state index contributed by atoms with van der Waals surface area (Å²) in [6, 6.07) is 0. The van der Waals surface area contributed by atoms with Crippen LogP contribution in [0.25, 0.3) is 6.08 Å². The van der Waals surface area contributed by atoms with Crippen molar-refractivity contribution in [3.8, 4) is 0 Å². The van der Waals surface area contributed by atoms with E-state index >= 15 is 0 Å². The van der Waals surface area contributed by atoms with Crippen LogP contribution in [0.4, 0.5) is 0 Å². The number of nitrogens with zero attached hydrogens (tertiary/aromatic N) is 1. The second-order valence-corrected chi connectivity index (χ2v) is 11.5. The Bertz CT molecular complexity index is 966. The average Bonchev–Trinajstić information content (AvgIpc) is 3.18. The first kappa shape index (κ1) is 26.7. The van der Waals surface area contributed by atoms with E-state index in [9.17, 15) is 19.8 Å². The molecule has 1 aromatic rings. The van der Waals surface area contributed by atoms with Gasteiger partial charge in [-0.2, -0.15) is 0 Å². The number of epoxide rings is 1. The number of aliphatic hydroxyl groups excluding tert-OH is 2. The van der Waals surface area contributed by atoms with E-state index in [2.05, 4.69) is 4.98 Å². The number of aromatic nitrogens is 1. The van der Waals surface area contributed by atoms with Crippen molar-refractivity contribution in [3.05, 3.63) is 33.8 Å². The van der Waals surface area contributed by atoms with Crippen LogP contribution < -0.4 is 0 Å². The van der Waals surface area contributed by atoms with Crippen molar-refractivity contribution < 1.29 is 29.3 Å². The lowest BCUT2D eigenvalue weighted by atomic mass is 9.77. The summed E-state index contributed by atoms with van der Waals surface area (Å²) < 4.78 is 11.8. The number of allylic oxidation sites excluding steroid dienone is 1. The monoisotopic (exact) mass is 491 g/mol. The summed E-state index contributed by atoms with van der Waals surface area (Å²) in [6.45, 7) is 10.9. The number of hydrogen-bond acceptors (Lipinski definition) is 8. The third-order valence-electron chi connectivity index (χ3n) is 7.12. The Morgan fingerprint density at radius 3 is 2.59 bits per heavy atom. The van der Waals surface area contributed by atoms with Gasteiger partial charge in [0.15, 0.2) is 0 Å². The highest BCUT2D eigenvalue weighted by Crippen LogP contribution is 2.42. The van der Waals surface area contributed by atoms with Gasteiger partial charge in [-0.05, 0) is 44.8 Å². The average molecular weight is 492 g/mol. The van der Waals surface area contributed by atoms with Crippen molar-refractivity contribution in [3.63, 3.8) is 0 Å². The van der Waals surface area contributed by atoms with E-state index in [0.29, 0.717) is 12.8 Å². The van der Waals surface area contributed by atoms with Gasteiger partial charge in [0, 0.05) is 23.6 Å². The highest BCUT2D eigenvalue weighted by Gasteiger charge is 2.51. The van der Waals surface area contributed by atoms with E-state index < -0.39 is 35.3 Å². The molecule has 2 N–H and O–H groups in total. The van der Waals surface area contributed by atoms with Crippen LogP contribution in [0.3, 0.4) is 0 Å². The van der Waals surface area contributed by atoms with Crippen molar-refractivity contribution in [2.45, 2.75) is 97.2 Å². The molecule has 8 heteroatoms. The Morgan fingerprint density at radius 2 is 1.94 bits per heavy atom. The second kappa shape index (κ2) is 10.4. The molecule has 1 aromatic heterocycles. The number of hydrogen-bond donors (Lipinski definition) is 2.